The molecule has 4 rings (SSSR count). The first-order valence-electron chi connectivity index (χ1n) is 12.4. The Bertz CT molecular complexity index is 1270. The Morgan fingerprint density at radius 2 is 1.72 bits per heavy atom. The molecule has 2 aromatic carbocycles. The topological polar surface area (TPSA) is 95.1 Å². The van der Waals surface area contributed by atoms with Gasteiger partial charge in [0.05, 0.1) is 16.4 Å². The quantitative estimate of drug-likeness (QED) is 0.518. The third kappa shape index (κ3) is 6.34. The number of hydrogen-bond acceptors (Lipinski definition) is 6. The molecule has 196 valence electrons. The zero-order valence-corrected chi connectivity index (χ0v) is 22.5. The summed E-state index contributed by atoms with van der Waals surface area (Å²) in [7, 11) is -6.92. The zero-order valence-electron chi connectivity index (χ0n) is 20.9. The van der Waals surface area contributed by atoms with E-state index in [1.807, 2.05) is 32.0 Å². The largest absolute Gasteiger partial charge is 0.334 e. The molecule has 0 aromatic heterocycles. The first-order valence-corrected chi connectivity index (χ1v) is 15.7. The fourth-order valence-corrected chi connectivity index (χ4v) is 8.09. The maximum absolute atomic E-state index is 13.5. The first-order chi connectivity index (χ1) is 17.0. The smallest absolute Gasteiger partial charge is 0.254 e. The van der Waals surface area contributed by atoms with Crippen LogP contribution in [0.25, 0.3) is 0 Å². The molecule has 0 aliphatic carbocycles. The standard InChI is InChI=1S/C26H35N3O5S2/c1-21(2)18-29(24-11-16-35(31,32)20-24)26(30)23-9-6-10-25(17-23)36(33,34)28-14-12-27(13-15-28)19-22-7-4-3-5-8-22/h3-10,17,21,24H,11-16,18-20H2,1-2H3/t24-/m1/s1. The Morgan fingerprint density at radius 1 is 1.03 bits per heavy atom. The van der Waals surface area contributed by atoms with Crippen molar-refractivity contribution in [2.45, 2.75) is 37.8 Å². The van der Waals surface area contributed by atoms with E-state index in [0.717, 1.165) is 6.54 Å². The lowest BCUT2D eigenvalue weighted by molar-refractivity contribution is 0.0672. The van der Waals surface area contributed by atoms with Gasteiger partial charge >= 0.3 is 0 Å². The molecule has 0 radical (unpaired) electrons. The van der Waals surface area contributed by atoms with E-state index >= 15 is 0 Å². The monoisotopic (exact) mass is 533 g/mol. The summed E-state index contributed by atoms with van der Waals surface area (Å²) in [6.07, 6.45) is 0.409. The van der Waals surface area contributed by atoms with Gasteiger partial charge in [0.1, 0.15) is 0 Å². The summed E-state index contributed by atoms with van der Waals surface area (Å²) >= 11 is 0. The van der Waals surface area contributed by atoms with Gasteiger partial charge in [0.25, 0.3) is 5.91 Å². The second-order valence-electron chi connectivity index (χ2n) is 10.1. The molecule has 0 spiro atoms. The second-order valence-corrected chi connectivity index (χ2v) is 14.3. The van der Waals surface area contributed by atoms with Crippen molar-refractivity contribution in [2.24, 2.45) is 5.92 Å². The molecule has 2 aromatic rings. The van der Waals surface area contributed by atoms with Gasteiger partial charge in [-0.15, -0.1) is 0 Å². The van der Waals surface area contributed by atoms with Crippen molar-refractivity contribution in [3.63, 3.8) is 0 Å². The number of sulfone groups is 1. The van der Waals surface area contributed by atoms with Crippen LogP contribution in [0.3, 0.4) is 0 Å². The fraction of sp³-hybridized carbons (Fsp3) is 0.500. The lowest BCUT2D eigenvalue weighted by atomic mass is 10.1. The van der Waals surface area contributed by atoms with Crippen molar-refractivity contribution < 1.29 is 21.6 Å². The average Bonchev–Trinajstić information content (AvgIpc) is 3.22. The van der Waals surface area contributed by atoms with Gasteiger partial charge in [-0.25, -0.2) is 16.8 Å². The maximum Gasteiger partial charge on any atom is 0.254 e. The van der Waals surface area contributed by atoms with Crippen LogP contribution in [0, 0.1) is 5.92 Å². The molecule has 0 bridgehead atoms. The summed E-state index contributed by atoms with van der Waals surface area (Å²) in [6, 6.07) is 15.9. The van der Waals surface area contributed by atoms with E-state index < -0.39 is 19.9 Å². The molecule has 0 N–H and O–H groups in total. The highest BCUT2D eigenvalue weighted by molar-refractivity contribution is 7.91. The van der Waals surface area contributed by atoms with E-state index in [4.69, 9.17) is 0 Å². The molecule has 10 heteroatoms. The molecule has 2 fully saturated rings. The van der Waals surface area contributed by atoms with E-state index in [1.54, 1.807) is 17.0 Å². The van der Waals surface area contributed by atoms with Crippen LogP contribution < -0.4 is 0 Å². The van der Waals surface area contributed by atoms with Crippen molar-refractivity contribution >= 4 is 25.8 Å². The number of carbonyl (C=O) groups excluding carboxylic acids is 1. The Morgan fingerprint density at radius 3 is 2.33 bits per heavy atom. The predicted molar refractivity (Wildman–Crippen MR) is 140 cm³/mol. The summed E-state index contributed by atoms with van der Waals surface area (Å²) in [5, 5.41) is 0. The minimum absolute atomic E-state index is 0.0449. The predicted octanol–water partition coefficient (Wildman–Crippen LogP) is 2.48. The highest BCUT2D eigenvalue weighted by atomic mass is 32.2. The van der Waals surface area contributed by atoms with Crippen molar-refractivity contribution in [3.05, 3.63) is 65.7 Å². The van der Waals surface area contributed by atoms with Gasteiger partial charge < -0.3 is 4.90 Å². The Labute approximate surface area is 214 Å². The van der Waals surface area contributed by atoms with Gasteiger partial charge in [-0.05, 0) is 36.1 Å². The Kier molecular flexibility index (Phi) is 8.18. The summed E-state index contributed by atoms with van der Waals surface area (Å²) in [5.74, 6) is -0.145. The van der Waals surface area contributed by atoms with Crippen LogP contribution in [0.4, 0.5) is 0 Å². The van der Waals surface area contributed by atoms with Crippen molar-refractivity contribution in [1.82, 2.24) is 14.1 Å². The molecular formula is C26H35N3O5S2. The minimum Gasteiger partial charge on any atom is -0.334 e. The normalized spacial score (nSPS) is 21.0. The van der Waals surface area contributed by atoms with Gasteiger partial charge in [-0.1, -0.05) is 50.2 Å². The summed E-state index contributed by atoms with van der Waals surface area (Å²) in [6.45, 7) is 7.17. The fourth-order valence-electron chi connectivity index (χ4n) is 4.89. The lowest BCUT2D eigenvalue weighted by Crippen LogP contribution is -2.48. The molecule has 0 unspecified atom stereocenters. The van der Waals surface area contributed by atoms with Crippen LogP contribution in [0.2, 0.25) is 0 Å². The second kappa shape index (κ2) is 11.0. The number of nitrogens with zero attached hydrogens (tertiary/aromatic N) is 3. The number of benzene rings is 2. The number of sulfonamides is 1. The molecule has 8 nitrogen and oxygen atoms in total. The molecule has 2 aliphatic rings. The van der Waals surface area contributed by atoms with Crippen molar-refractivity contribution in [1.29, 1.82) is 0 Å². The van der Waals surface area contributed by atoms with E-state index in [2.05, 4.69) is 17.0 Å². The van der Waals surface area contributed by atoms with Crippen LogP contribution in [0.1, 0.15) is 36.2 Å². The van der Waals surface area contributed by atoms with Gasteiger partial charge in [0.15, 0.2) is 9.84 Å². The molecular weight excluding hydrogens is 498 g/mol. The molecule has 1 atom stereocenters. The van der Waals surface area contributed by atoms with Crippen LogP contribution in [0.5, 0.6) is 0 Å². The van der Waals surface area contributed by atoms with Gasteiger partial charge in [0.2, 0.25) is 10.0 Å². The van der Waals surface area contributed by atoms with Crippen LogP contribution in [0.15, 0.2) is 59.5 Å². The van der Waals surface area contributed by atoms with Crippen LogP contribution in [-0.4, -0.2) is 87.1 Å². The van der Waals surface area contributed by atoms with E-state index in [-0.39, 0.29) is 39.8 Å². The molecule has 36 heavy (non-hydrogen) atoms. The number of amides is 1. The van der Waals surface area contributed by atoms with E-state index in [9.17, 15) is 21.6 Å². The van der Waals surface area contributed by atoms with Crippen LogP contribution >= 0.6 is 0 Å². The third-order valence-corrected chi connectivity index (χ3v) is 10.4. The molecule has 2 heterocycles. The van der Waals surface area contributed by atoms with E-state index in [1.165, 1.54) is 22.0 Å². The first kappa shape index (κ1) is 26.8. The Balaban J connectivity index is 1.47. The molecule has 0 saturated carbocycles. The lowest BCUT2D eigenvalue weighted by Gasteiger charge is -2.34. The highest BCUT2D eigenvalue weighted by Gasteiger charge is 2.36. The Hall–Kier alpha value is -2.27. The van der Waals surface area contributed by atoms with Crippen molar-refractivity contribution in [3.8, 4) is 0 Å². The SMILES string of the molecule is CC(C)CN(C(=O)c1cccc(S(=O)(=O)N2CCN(Cc3ccccc3)CC2)c1)[C@@H]1CCS(=O)(=O)C1. The summed E-state index contributed by atoms with van der Waals surface area (Å²) < 4.78 is 52.4. The average molecular weight is 534 g/mol. The highest BCUT2D eigenvalue weighted by Crippen LogP contribution is 2.24. The maximum atomic E-state index is 13.5. The molecule has 2 aliphatic heterocycles. The van der Waals surface area contributed by atoms with Gasteiger partial charge in [0, 0.05) is 50.9 Å². The van der Waals surface area contributed by atoms with E-state index in [0.29, 0.717) is 39.1 Å². The number of rotatable bonds is 8. The zero-order chi connectivity index (χ0) is 25.9. The summed E-state index contributed by atoms with van der Waals surface area (Å²) in [4.78, 5) is 17.4. The van der Waals surface area contributed by atoms with Gasteiger partial charge in [-0.2, -0.15) is 4.31 Å². The number of carbonyl (C=O) groups is 1. The van der Waals surface area contributed by atoms with Crippen LogP contribution in [-0.2, 0) is 26.4 Å². The minimum atomic E-state index is -3.76. The van der Waals surface area contributed by atoms with Crippen molar-refractivity contribution in [2.75, 3.05) is 44.2 Å². The molecule has 2 saturated heterocycles. The summed E-state index contributed by atoms with van der Waals surface area (Å²) in [5.41, 5.74) is 1.46. The molecule has 1 amide bonds. The third-order valence-electron chi connectivity index (χ3n) is 6.77. The van der Waals surface area contributed by atoms with Gasteiger partial charge in [-0.3, -0.25) is 9.69 Å². The number of piperazine rings is 1. The number of hydrogen-bond donors (Lipinski definition) is 0.